The van der Waals surface area contributed by atoms with Crippen molar-refractivity contribution in [3.8, 4) is 12.3 Å². The fourth-order valence-corrected chi connectivity index (χ4v) is 1.85. The zero-order chi connectivity index (χ0) is 9.57. The molecule has 1 unspecified atom stereocenters. The van der Waals surface area contributed by atoms with E-state index in [4.69, 9.17) is 6.42 Å². The van der Waals surface area contributed by atoms with E-state index in [2.05, 4.69) is 11.2 Å². The van der Waals surface area contributed by atoms with Gasteiger partial charge in [0.1, 0.15) is 5.67 Å². The van der Waals surface area contributed by atoms with Gasteiger partial charge in [-0.3, -0.25) is 0 Å². The van der Waals surface area contributed by atoms with E-state index in [1.165, 1.54) is 0 Å². The largest absolute Gasteiger partial charge is 0.317 e. The van der Waals surface area contributed by atoms with E-state index in [0.717, 1.165) is 25.9 Å². The van der Waals surface area contributed by atoms with Crippen molar-refractivity contribution in [3.63, 3.8) is 0 Å². The zero-order valence-corrected chi connectivity index (χ0v) is 8.11. The first-order chi connectivity index (χ1) is 6.27. The number of alkyl halides is 1. The lowest BCUT2D eigenvalue weighted by Gasteiger charge is -2.22. The average Bonchev–Trinajstić information content (AvgIpc) is 2.31. The Kier molecular flexibility index (Phi) is 4.24. The predicted molar refractivity (Wildman–Crippen MR) is 53.2 cm³/mol. The van der Waals surface area contributed by atoms with Crippen LogP contribution in [0.15, 0.2) is 0 Å². The third-order valence-corrected chi connectivity index (χ3v) is 2.67. The maximum absolute atomic E-state index is 14.0. The van der Waals surface area contributed by atoms with Gasteiger partial charge in [-0.25, -0.2) is 4.39 Å². The number of terminal acetylenes is 1. The summed E-state index contributed by atoms with van der Waals surface area (Å²) in [6.07, 6.45) is 9.61. The van der Waals surface area contributed by atoms with Crippen molar-refractivity contribution in [2.24, 2.45) is 0 Å². The van der Waals surface area contributed by atoms with E-state index in [1.54, 1.807) is 0 Å². The Balaban J connectivity index is 2.30. The lowest BCUT2D eigenvalue weighted by atomic mass is 9.91. The van der Waals surface area contributed by atoms with Crippen molar-refractivity contribution < 1.29 is 4.39 Å². The summed E-state index contributed by atoms with van der Waals surface area (Å²) in [7, 11) is 0. The van der Waals surface area contributed by atoms with Crippen LogP contribution >= 0.6 is 0 Å². The van der Waals surface area contributed by atoms with Crippen LogP contribution in [-0.2, 0) is 0 Å². The molecule has 0 amide bonds. The van der Waals surface area contributed by atoms with Gasteiger partial charge in [0.25, 0.3) is 0 Å². The summed E-state index contributed by atoms with van der Waals surface area (Å²) < 4.78 is 14.0. The van der Waals surface area contributed by atoms with E-state index < -0.39 is 5.67 Å². The molecule has 0 aromatic heterocycles. The lowest BCUT2D eigenvalue weighted by molar-refractivity contribution is 0.129. The molecule has 1 rings (SSSR count). The van der Waals surface area contributed by atoms with Gasteiger partial charge in [0.2, 0.25) is 0 Å². The highest BCUT2D eigenvalue weighted by Gasteiger charge is 2.29. The van der Waals surface area contributed by atoms with E-state index in [0.29, 0.717) is 25.7 Å². The molecular formula is C11H18FN. The molecule has 0 spiro atoms. The molecule has 1 saturated heterocycles. The van der Waals surface area contributed by atoms with E-state index in [9.17, 15) is 4.39 Å². The maximum Gasteiger partial charge on any atom is 0.112 e. The highest BCUT2D eigenvalue weighted by molar-refractivity contribution is 4.87. The summed E-state index contributed by atoms with van der Waals surface area (Å²) in [5, 5.41) is 3.21. The Hall–Kier alpha value is -0.550. The van der Waals surface area contributed by atoms with Crippen molar-refractivity contribution in [1.29, 1.82) is 0 Å². The Morgan fingerprint density at radius 1 is 1.38 bits per heavy atom. The van der Waals surface area contributed by atoms with Gasteiger partial charge in [0, 0.05) is 6.42 Å². The maximum atomic E-state index is 14.0. The number of unbranched alkanes of at least 4 members (excludes halogenated alkanes) is 1. The van der Waals surface area contributed by atoms with Crippen LogP contribution < -0.4 is 5.32 Å². The van der Waals surface area contributed by atoms with Gasteiger partial charge >= 0.3 is 0 Å². The highest BCUT2D eigenvalue weighted by atomic mass is 19.1. The topological polar surface area (TPSA) is 12.0 Å². The standard InChI is InChI=1S/C11H18FN/c1-2-3-4-6-11(12)7-5-9-13-10-8-11/h1,13H,3-10H2. The summed E-state index contributed by atoms with van der Waals surface area (Å²) >= 11 is 0. The molecule has 74 valence electrons. The molecule has 0 saturated carbocycles. The molecule has 0 radical (unpaired) electrons. The predicted octanol–water partition coefficient (Wildman–Crippen LogP) is 2.27. The van der Waals surface area contributed by atoms with Gasteiger partial charge in [-0.15, -0.1) is 12.3 Å². The van der Waals surface area contributed by atoms with Crippen molar-refractivity contribution in [3.05, 3.63) is 0 Å². The summed E-state index contributed by atoms with van der Waals surface area (Å²) in [5.74, 6) is 2.56. The van der Waals surface area contributed by atoms with Crippen LogP contribution in [0, 0.1) is 12.3 Å². The number of nitrogens with one attached hydrogen (secondary N) is 1. The Bertz CT molecular complexity index is 175. The van der Waals surface area contributed by atoms with Crippen molar-refractivity contribution in [2.45, 2.75) is 44.2 Å². The number of hydrogen-bond donors (Lipinski definition) is 1. The smallest absolute Gasteiger partial charge is 0.112 e. The number of rotatable bonds is 3. The van der Waals surface area contributed by atoms with Gasteiger partial charge in [0.15, 0.2) is 0 Å². The van der Waals surface area contributed by atoms with Crippen LogP contribution in [0.25, 0.3) is 0 Å². The van der Waals surface area contributed by atoms with Crippen LogP contribution in [0.3, 0.4) is 0 Å². The van der Waals surface area contributed by atoms with Crippen LogP contribution in [0.2, 0.25) is 0 Å². The second-order valence-electron chi connectivity index (χ2n) is 3.81. The first kappa shape index (κ1) is 10.5. The second kappa shape index (κ2) is 5.24. The van der Waals surface area contributed by atoms with Crippen molar-refractivity contribution >= 4 is 0 Å². The van der Waals surface area contributed by atoms with Crippen molar-refractivity contribution in [2.75, 3.05) is 13.1 Å². The minimum atomic E-state index is -0.944. The fourth-order valence-electron chi connectivity index (χ4n) is 1.85. The normalized spacial score (nSPS) is 29.2. The first-order valence-electron chi connectivity index (χ1n) is 5.10. The van der Waals surface area contributed by atoms with Crippen LogP contribution in [-0.4, -0.2) is 18.8 Å². The summed E-state index contributed by atoms with van der Waals surface area (Å²) in [5.41, 5.74) is -0.944. The van der Waals surface area contributed by atoms with Gasteiger partial charge in [0.05, 0.1) is 0 Å². The molecule has 1 fully saturated rings. The molecule has 1 aliphatic rings. The third-order valence-electron chi connectivity index (χ3n) is 2.67. The molecule has 13 heavy (non-hydrogen) atoms. The monoisotopic (exact) mass is 183 g/mol. The minimum Gasteiger partial charge on any atom is -0.317 e. The number of hydrogen-bond acceptors (Lipinski definition) is 1. The first-order valence-corrected chi connectivity index (χ1v) is 5.10. The lowest BCUT2D eigenvalue weighted by Crippen LogP contribution is -2.24. The molecule has 0 aromatic carbocycles. The Morgan fingerprint density at radius 2 is 2.23 bits per heavy atom. The Labute approximate surface area is 80.1 Å². The van der Waals surface area contributed by atoms with Gasteiger partial charge in [-0.05, 0) is 45.2 Å². The molecule has 1 heterocycles. The third kappa shape index (κ3) is 3.78. The summed E-state index contributed by atoms with van der Waals surface area (Å²) in [6, 6.07) is 0. The summed E-state index contributed by atoms with van der Waals surface area (Å²) in [4.78, 5) is 0. The zero-order valence-electron chi connectivity index (χ0n) is 8.11. The molecule has 0 aliphatic carbocycles. The quantitative estimate of drug-likeness (QED) is 0.523. The molecule has 2 heteroatoms. The van der Waals surface area contributed by atoms with Gasteiger partial charge < -0.3 is 5.32 Å². The number of halogens is 1. The molecule has 1 atom stereocenters. The SMILES string of the molecule is C#CCCCC1(F)CCCNCC1. The van der Waals surface area contributed by atoms with Crippen LogP contribution in [0.5, 0.6) is 0 Å². The highest BCUT2D eigenvalue weighted by Crippen LogP contribution is 2.29. The minimum absolute atomic E-state index is 0.638. The summed E-state index contributed by atoms with van der Waals surface area (Å²) in [6.45, 7) is 1.77. The Morgan fingerprint density at radius 3 is 3.00 bits per heavy atom. The van der Waals surface area contributed by atoms with E-state index >= 15 is 0 Å². The molecule has 0 bridgehead atoms. The molecule has 0 aromatic rings. The van der Waals surface area contributed by atoms with Gasteiger partial charge in [-0.2, -0.15) is 0 Å². The van der Waals surface area contributed by atoms with Gasteiger partial charge in [-0.1, -0.05) is 0 Å². The van der Waals surface area contributed by atoms with Crippen molar-refractivity contribution in [1.82, 2.24) is 5.32 Å². The molecular weight excluding hydrogens is 165 g/mol. The molecule has 1 aliphatic heterocycles. The fraction of sp³-hybridized carbons (Fsp3) is 0.818. The average molecular weight is 183 g/mol. The van der Waals surface area contributed by atoms with Crippen LogP contribution in [0.4, 0.5) is 4.39 Å². The molecule has 1 N–H and O–H groups in total. The van der Waals surface area contributed by atoms with Crippen LogP contribution in [0.1, 0.15) is 38.5 Å². The van der Waals surface area contributed by atoms with E-state index in [1.807, 2.05) is 0 Å². The molecule has 1 nitrogen and oxygen atoms in total. The van der Waals surface area contributed by atoms with E-state index in [-0.39, 0.29) is 0 Å². The second-order valence-corrected chi connectivity index (χ2v) is 3.81.